The van der Waals surface area contributed by atoms with E-state index in [1.807, 2.05) is 29.6 Å². The molecule has 1 saturated carbocycles. The Morgan fingerprint density at radius 3 is 2.93 bits per heavy atom. The van der Waals surface area contributed by atoms with Gasteiger partial charge in [0.2, 0.25) is 11.8 Å². The Hall–Kier alpha value is -2.41. The van der Waals surface area contributed by atoms with Crippen LogP contribution < -0.4 is 15.0 Å². The van der Waals surface area contributed by atoms with Crippen molar-refractivity contribution in [3.8, 4) is 5.75 Å². The Labute approximate surface area is 162 Å². The topological polar surface area (TPSA) is 71.5 Å². The maximum atomic E-state index is 12.4. The number of nitrogens with one attached hydrogen (secondary N) is 1. The summed E-state index contributed by atoms with van der Waals surface area (Å²) in [4.78, 5) is 30.3. The SMILES string of the molecule is O=C(Cc1csc(N2CCCC2=O)n1)Nc1cccc(OC2CCCC2)c1. The molecule has 2 aliphatic rings. The molecule has 2 amide bonds. The Morgan fingerprint density at radius 2 is 2.15 bits per heavy atom. The molecule has 142 valence electrons. The molecule has 1 aromatic heterocycles. The van der Waals surface area contributed by atoms with Crippen LogP contribution in [-0.2, 0) is 16.0 Å². The molecule has 6 nitrogen and oxygen atoms in total. The molecule has 27 heavy (non-hydrogen) atoms. The summed E-state index contributed by atoms with van der Waals surface area (Å²) in [6.07, 6.45) is 6.57. The van der Waals surface area contributed by atoms with Gasteiger partial charge in [-0.25, -0.2) is 4.98 Å². The maximum Gasteiger partial charge on any atom is 0.230 e. The molecule has 0 radical (unpaired) electrons. The van der Waals surface area contributed by atoms with E-state index in [-0.39, 0.29) is 24.3 Å². The van der Waals surface area contributed by atoms with Gasteiger partial charge in [-0.05, 0) is 44.2 Å². The lowest BCUT2D eigenvalue weighted by Crippen LogP contribution is -2.23. The quantitative estimate of drug-likeness (QED) is 0.822. The van der Waals surface area contributed by atoms with E-state index >= 15 is 0 Å². The van der Waals surface area contributed by atoms with Crippen LogP contribution in [0.1, 0.15) is 44.2 Å². The number of hydrogen-bond donors (Lipinski definition) is 1. The standard InChI is InChI=1S/C20H23N3O3S/c24-18(12-15-13-27-20(22-15)23-10-4-9-19(23)25)21-14-5-3-8-17(11-14)26-16-6-1-2-7-16/h3,5,8,11,13,16H,1-2,4,6-7,9-10,12H2,(H,21,24). The molecular weight excluding hydrogens is 362 g/mol. The minimum Gasteiger partial charge on any atom is -0.490 e. The molecule has 1 aromatic carbocycles. The molecule has 2 aromatic rings. The lowest BCUT2D eigenvalue weighted by Gasteiger charge is -2.14. The third-order valence-corrected chi connectivity index (χ3v) is 5.82. The van der Waals surface area contributed by atoms with Gasteiger partial charge in [-0.15, -0.1) is 11.3 Å². The van der Waals surface area contributed by atoms with Crippen LogP contribution in [0.3, 0.4) is 0 Å². The van der Waals surface area contributed by atoms with Crippen molar-refractivity contribution in [1.29, 1.82) is 0 Å². The lowest BCUT2D eigenvalue weighted by atomic mass is 10.2. The second-order valence-corrected chi connectivity index (χ2v) is 7.88. The minimum absolute atomic E-state index is 0.111. The summed E-state index contributed by atoms with van der Waals surface area (Å²) in [5, 5.41) is 5.44. The number of rotatable bonds is 6. The number of hydrogen-bond acceptors (Lipinski definition) is 5. The highest BCUT2D eigenvalue weighted by molar-refractivity contribution is 7.14. The van der Waals surface area contributed by atoms with Gasteiger partial charge in [0.15, 0.2) is 5.13 Å². The summed E-state index contributed by atoms with van der Waals surface area (Å²) in [6, 6.07) is 7.54. The zero-order valence-electron chi connectivity index (χ0n) is 15.1. The number of carbonyl (C=O) groups excluding carboxylic acids is 2. The average molecular weight is 385 g/mol. The molecular formula is C20H23N3O3S. The van der Waals surface area contributed by atoms with Gasteiger partial charge in [0.25, 0.3) is 0 Å². The molecule has 4 rings (SSSR count). The second kappa shape index (κ2) is 8.08. The van der Waals surface area contributed by atoms with Crippen molar-refractivity contribution in [2.24, 2.45) is 0 Å². The normalized spacial score (nSPS) is 17.5. The molecule has 2 fully saturated rings. The van der Waals surface area contributed by atoms with E-state index in [9.17, 15) is 9.59 Å². The number of amides is 2. The second-order valence-electron chi connectivity index (χ2n) is 7.05. The first-order valence-corrected chi connectivity index (χ1v) is 10.4. The number of aromatic nitrogens is 1. The van der Waals surface area contributed by atoms with Crippen LogP contribution in [0.25, 0.3) is 0 Å². The summed E-state index contributed by atoms with van der Waals surface area (Å²) in [7, 11) is 0. The van der Waals surface area contributed by atoms with Crippen LogP contribution >= 0.6 is 11.3 Å². The van der Waals surface area contributed by atoms with Gasteiger partial charge >= 0.3 is 0 Å². The van der Waals surface area contributed by atoms with E-state index in [0.717, 1.165) is 30.7 Å². The molecule has 2 heterocycles. The van der Waals surface area contributed by atoms with Crippen LogP contribution in [0.4, 0.5) is 10.8 Å². The van der Waals surface area contributed by atoms with E-state index in [4.69, 9.17) is 4.74 Å². The first kappa shape index (κ1) is 18.0. The zero-order chi connectivity index (χ0) is 18.6. The molecule has 0 atom stereocenters. The molecule has 1 saturated heterocycles. The zero-order valence-corrected chi connectivity index (χ0v) is 16.0. The summed E-state index contributed by atoms with van der Waals surface area (Å²) < 4.78 is 5.99. The smallest absolute Gasteiger partial charge is 0.230 e. The minimum atomic E-state index is -0.127. The van der Waals surface area contributed by atoms with Crippen LogP contribution in [0.15, 0.2) is 29.6 Å². The Kier molecular flexibility index (Phi) is 5.38. The van der Waals surface area contributed by atoms with Gasteiger partial charge in [0.1, 0.15) is 5.75 Å². The Balaban J connectivity index is 1.34. The molecule has 1 aliphatic carbocycles. The molecule has 1 aliphatic heterocycles. The number of carbonyl (C=O) groups is 2. The maximum absolute atomic E-state index is 12.4. The highest BCUT2D eigenvalue weighted by Crippen LogP contribution is 2.27. The van der Waals surface area contributed by atoms with Gasteiger partial charge in [-0.2, -0.15) is 0 Å². The van der Waals surface area contributed by atoms with Gasteiger partial charge < -0.3 is 10.1 Å². The third-order valence-electron chi connectivity index (χ3n) is 4.91. The van der Waals surface area contributed by atoms with Crippen molar-refractivity contribution < 1.29 is 14.3 Å². The number of nitrogens with zero attached hydrogens (tertiary/aromatic N) is 2. The molecule has 7 heteroatoms. The fourth-order valence-electron chi connectivity index (χ4n) is 3.57. The van der Waals surface area contributed by atoms with Crippen molar-refractivity contribution in [3.05, 3.63) is 35.3 Å². The third kappa shape index (κ3) is 4.47. The summed E-state index contributed by atoms with van der Waals surface area (Å²) in [5.74, 6) is 0.778. The number of thiazole rings is 1. The first-order chi connectivity index (χ1) is 13.2. The van der Waals surface area contributed by atoms with Crippen LogP contribution in [-0.4, -0.2) is 29.4 Å². The van der Waals surface area contributed by atoms with E-state index in [1.165, 1.54) is 24.2 Å². The summed E-state index contributed by atoms with van der Waals surface area (Å²) in [6.45, 7) is 0.714. The van der Waals surface area contributed by atoms with Gasteiger partial charge in [0, 0.05) is 30.1 Å². The Bertz CT molecular complexity index is 829. The fraction of sp³-hybridized carbons (Fsp3) is 0.450. The molecule has 0 bridgehead atoms. The van der Waals surface area contributed by atoms with Crippen LogP contribution in [0, 0.1) is 0 Å². The van der Waals surface area contributed by atoms with E-state index < -0.39 is 0 Å². The van der Waals surface area contributed by atoms with Gasteiger partial charge in [0.05, 0.1) is 18.2 Å². The number of anilines is 2. The summed E-state index contributed by atoms with van der Waals surface area (Å²) in [5.41, 5.74) is 1.41. The first-order valence-electron chi connectivity index (χ1n) is 9.49. The molecule has 1 N–H and O–H groups in total. The van der Waals surface area contributed by atoms with Crippen LogP contribution in [0.2, 0.25) is 0 Å². The molecule has 0 spiro atoms. The van der Waals surface area contributed by atoms with Crippen LogP contribution in [0.5, 0.6) is 5.75 Å². The van der Waals surface area contributed by atoms with Crippen molar-refractivity contribution in [2.75, 3.05) is 16.8 Å². The van der Waals surface area contributed by atoms with Crippen molar-refractivity contribution in [2.45, 2.75) is 51.0 Å². The van der Waals surface area contributed by atoms with Gasteiger partial charge in [-0.1, -0.05) is 6.07 Å². The number of benzene rings is 1. The lowest BCUT2D eigenvalue weighted by molar-refractivity contribution is -0.117. The highest BCUT2D eigenvalue weighted by atomic mass is 32.1. The molecule has 0 unspecified atom stereocenters. The monoisotopic (exact) mass is 385 g/mol. The predicted molar refractivity (Wildman–Crippen MR) is 105 cm³/mol. The van der Waals surface area contributed by atoms with E-state index in [1.54, 1.807) is 4.90 Å². The largest absolute Gasteiger partial charge is 0.490 e. The highest BCUT2D eigenvalue weighted by Gasteiger charge is 2.24. The van der Waals surface area contributed by atoms with Crippen molar-refractivity contribution in [1.82, 2.24) is 4.98 Å². The average Bonchev–Trinajstić information content (AvgIpc) is 3.38. The fourth-order valence-corrected chi connectivity index (χ4v) is 4.44. The number of ether oxygens (including phenoxy) is 1. The Morgan fingerprint density at radius 1 is 1.30 bits per heavy atom. The van der Waals surface area contributed by atoms with Gasteiger partial charge in [-0.3, -0.25) is 14.5 Å². The van der Waals surface area contributed by atoms with E-state index in [0.29, 0.717) is 23.8 Å². The predicted octanol–water partition coefficient (Wildman–Crippen LogP) is 3.77. The summed E-state index contributed by atoms with van der Waals surface area (Å²) >= 11 is 1.41. The van der Waals surface area contributed by atoms with Crippen molar-refractivity contribution in [3.63, 3.8) is 0 Å². The van der Waals surface area contributed by atoms with Crippen molar-refractivity contribution >= 4 is 34.0 Å². The van der Waals surface area contributed by atoms with E-state index in [2.05, 4.69) is 10.3 Å².